The average molecular weight is 237 g/mol. The molecule has 0 aromatic carbocycles. The lowest BCUT2D eigenvalue weighted by Crippen LogP contribution is -2.23. The third kappa shape index (κ3) is 4.82. The summed E-state index contributed by atoms with van der Waals surface area (Å²) in [6.45, 7) is 7.07. The minimum atomic E-state index is -0.332. The summed E-state index contributed by atoms with van der Waals surface area (Å²) < 4.78 is 6.60. The van der Waals surface area contributed by atoms with Crippen LogP contribution in [0.5, 0.6) is 0 Å². The fourth-order valence-corrected chi connectivity index (χ4v) is 1.38. The average Bonchev–Trinajstić information content (AvgIpc) is 2.70. The molecule has 1 aromatic rings. The third-order valence-electron chi connectivity index (χ3n) is 2.25. The highest BCUT2D eigenvalue weighted by Gasteiger charge is 2.06. The van der Waals surface area contributed by atoms with E-state index in [1.807, 2.05) is 19.4 Å². The van der Waals surface area contributed by atoms with Gasteiger partial charge in [-0.25, -0.2) is 4.79 Å². The van der Waals surface area contributed by atoms with E-state index in [1.165, 1.54) is 5.56 Å². The number of aryl methyl sites for hydroxylation is 1. The summed E-state index contributed by atoms with van der Waals surface area (Å²) >= 11 is 0. The van der Waals surface area contributed by atoms with Gasteiger partial charge in [0.15, 0.2) is 0 Å². The first-order valence-corrected chi connectivity index (χ1v) is 5.66. The van der Waals surface area contributed by atoms with Crippen LogP contribution in [0, 0.1) is 0 Å². The second-order valence-corrected chi connectivity index (χ2v) is 3.77. The largest absolute Gasteiger partial charge is 0.463 e. The van der Waals surface area contributed by atoms with Crippen molar-refractivity contribution in [3.63, 3.8) is 0 Å². The number of nitrogens with one attached hydrogen (secondary N) is 1. The monoisotopic (exact) mass is 237 g/mol. The summed E-state index contributed by atoms with van der Waals surface area (Å²) in [6, 6.07) is 0. The number of esters is 1. The smallest absolute Gasteiger partial charge is 0.334 e. The zero-order valence-electron chi connectivity index (χ0n) is 10.4. The molecular formula is C12H19N3O2. The van der Waals surface area contributed by atoms with Crippen LogP contribution in [0.25, 0.3) is 0 Å². The Morgan fingerprint density at radius 1 is 1.65 bits per heavy atom. The lowest BCUT2D eigenvalue weighted by Gasteiger charge is -2.06. The van der Waals surface area contributed by atoms with Gasteiger partial charge in [-0.2, -0.15) is 5.10 Å². The van der Waals surface area contributed by atoms with Crippen molar-refractivity contribution in [2.24, 2.45) is 7.05 Å². The van der Waals surface area contributed by atoms with E-state index in [0.717, 1.165) is 13.0 Å². The van der Waals surface area contributed by atoms with Gasteiger partial charge in [-0.1, -0.05) is 6.58 Å². The van der Waals surface area contributed by atoms with Crippen LogP contribution in [-0.2, 0) is 23.0 Å². The highest BCUT2D eigenvalue weighted by Crippen LogP contribution is 1.97. The molecule has 1 aromatic heterocycles. The molecule has 0 unspecified atom stereocenters. The molecule has 0 aliphatic carbocycles. The molecule has 0 aliphatic heterocycles. The summed E-state index contributed by atoms with van der Waals surface area (Å²) in [5.74, 6) is -0.332. The Balaban J connectivity index is 2.16. The predicted molar refractivity (Wildman–Crippen MR) is 65.6 cm³/mol. The maximum absolute atomic E-state index is 11.2. The van der Waals surface area contributed by atoms with Crippen molar-refractivity contribution in [2.75, 3.05) is 19.7 Å². The molecule has 0 fully saturated rings. The van der Waals surface area contributed by atoms with E-state index >= 15 is 0 Å². The number of hydrogen-bond donors (Lipinski definition) is 1. The number of hydrogen-bond acceptors (Lipinski definition) is 4. The summed E-state index contributed by atoms with van der Waals surface area (Å²) in [6.07, 6.45) is 4.69. The Hall–Kier alpha value is -1.62. The minimum Gasteiger partial charge on any atom is -0.463 e. The topological polar surface area (TPSA) is 56.2 Å². The Morgan fingerprint density at radius 3 is 3.00 bits per heavy atom. The van der Waals surface area contributed by atoms with Gasteiger partial charge in [0.1, 0.15) is 0 Å². The zero-order valence-corrected chi connectivity index (χ0v) is 10.4. The molecule has 17 heavy (non-hydrogen) atoms. The number of ether oxygens (including phenoxy) is 1. The highest BCUT2D eigenvalue weighted by atomic mass is 16.5. The van der Waals surface area contributed by atoms with Crippen molar-refractivity contribution in [3.05, 3.63) is 30.1 Å². The molecule has 1 heterocycles. The Kier molecular flexibility index (Phi) is 5.42. The minimum absolute atomic E-state index is 0.332. The first-order valence-electron chi connectivity index (χ1n) is 5.66. The number of carbonyl (C=O) groups excluding carboxylic acids is 1. The molecule has 5 nitrogen and oxygen atoms in total. The maximum atomic E-state index is 11.2. The fourth-order valence-electron chi connectivity index (χ4n) is 1.38. The number of aromatic nitrogens is 2. The molecule has 1 N–H and O–H groups in total. The summed E-state index contributed by atoms with van der Waals surface area (Å²) in [5, 5.41) is 7.23. The molecule has 0 saturated heterocycles. The van der Waals surface area contributed by atoms with Gasteiger partial charge >= 0.3 is 5.97 Å². The van der Waals surface area contributed by atoms with E-state index in [2.05, 4.69) is 17.0 Å². The van der Waals surface area contributed by atoms with Crippen LogP contribution in [0.3, 0.4) is 0 Å². The zero-order chi connectivity index (χ0) is 12.7. The van der Waals surface area contributed by atoms with Gasteiger partial charge in [-0.3, -0.25) is 4.68 Å². The summed E-state index contributed by atoms with van der Waals surface area (Å²) in [5.41, 5.74) is 1.62. The quantitative estimate of drug-likeness (QED) is 0.430. The maximum Gasteiger partial charge on any atom is 0.334 e. The molecule has 0 spiro atoms. The van der Waals surface area contributed by atoms with Crippen LogP contribution < -0.4 is 5.32 Å². The van der Waals surface area contributed by atoms with Crippen LogP contribution >= 0.6 is 0 Å². The normalized spacial score (nSPS) is 10.2. The molecule has 0 bridgehead atoms. The van der Waals surface area contributed by atoms with E-state index in [4.69, 9.17) is 4.74 Å². The molecule has 0 atom stereocenters. The standard InChI is InChI=1S/C12H19N3O2/c1-4-17-12(16)10(2)7-13-6-5-11-8-14-15(3)9-11/h8-9,13H,2,4-7H2,1,3H3. The lowest BCUT2D eigenvalue weighted by molar-refractivity contribution is -0.138. The van der Waals surface area contributed by atoms with Crippen LogP contribution in [0.2, 0.25) is 0 Å². The Bertz CT molecular complexity index is 385. The van der Waals surface area contributed by atoms with Crippen molar-refractivity contribution in [1.29, 1.82) is 0 Å². The van der Waals surface area contributed by atoms with Crippen molar-refractivity contribution in [1.82, 2.24) is 15.1 Å². The van der Waals surface area contributed by atoms with Gasteiger partial charge in [0.25, 0.3) is 0 Å². The fraction of sp³-hybridized carbons (Fsp3) is 0.500. The van der Waals surface area contributed by atoms with Crippen molar-refractivity contribution < 1.29 is 9.53 Å². The molecule has 0 amide bonds. The molecular weight excluding hydrogens is 218 g/mol. The van der Waals surface area contributed by atoms with E-state index < -0.39 is 0 Å². The molecule has 0 saturated carbocycles. The summed E-state index contributed by atoms with van der Waals surface area (Å²) in [4.78, 5) is 11.2. The second kappa shape index (κ2) is 6.85. The van der Waals surface area contributed by atoms with Gasteiger partial charge in [0.05, 0.1) is 12.8 Å². The van der Waals surface area contributed by atoms with E-state index in [9.17, 15) is 4.79 Å². The van der Waals surface area contributed by atoms with Crippen molar-refractivity contribution >= 4 is 5.97 Å². The Morgan fingerprint density at radius 2 is 2.41 bits per heavy atom. The second-order valence-electron chi connectivity index (χ2n) is 3.77. The van der Waals surface area contributed by atoms with Gasteiger partial charge in [-0.15, -0.1) is 0 Å². The summed E-state index contributed by atoms with van der Waals surface area (Å²) in [7, 11) is 1.89. The Labute approximate surface area is 101 Å². The number of nitrogens with zero attached hydrogens (tertiary/aromatic N) is 2. The van der Waals surface area contributed by atoms with Crippen LogP contribution in [0.4, 0.5) is 0 Å². The molecule has 94 valence electrons. The first kappa shape index (κ1) is 13.4. The molecule has 0 radical (unpaired) electrons. The number of carbonyl (C=O) groups is 1. The van der Waals surface area contributed by atoms with Crippen molar-refractivity contribution in [3.8, 4) is 0 Å². The van der Waals surface area contributed by atoms with Crippen LogP contribution in [-0.4, -0.2) is 35.4 Å². The lowest BCUT2D eigenvalue weighted by atomic mass is 10.2. The highest BCUT2D eigenvalue weighted by molar-refractivity contribution is 5.88. The van der Waals surface area contributed by atoms with Crippen molar-refractivity contribution in [2.45, 2.75) is 13.3 Å². The third-order valence-corrected chi connectivity index (χ3v) is 2.25. The first-order chi connectivity index (χ1) is 8.13. The van der Waals surface area contributed by atoms with E-state index in [1.54, 1.807) is 11.6 Å². The van der Waals surface area contributed by atoms with Gasteiger partial charge < -0.3 is 10.1 Å². The number of rotatable bonds is 7. The molecule has 5 heteroatoms. The SMILES string of the molecule is C=C(CNCCc1cnn(C)c1)C(=O)OCC. The molecule has 0 aliphatic rings. The van der Waals surface area contributed by atoms with Gasteiger partial charge in [0.2, 0.25) is 0 Å². The predicted octanol–water partition coefficient (Wildman–Crippen LogP) is 0.671. The van der Waals surface area contributed by atoms with E-state index in [-0.39, 0.29) is 5.97 Å². The van der Waals surface area contributed by atoms with Crippen LogP contribution in [0.1, 0.15) is 12.5 Å². The van der Waals surface area contributed by atoms with Crippen LogP contribution in [0.15, 0.2) is 24.5 Å². The van der Waals surface area contributed by atoms with Gasteiger partial charge in [0, 0.05) is 25.4 Å². The van der Waals surface area contributed by atoms with Gasteiger partial charge in [-0.05, 0) is 25.5 Å². The molecule has 1 rings (SSSR count). The van der Waals surface area contributed by atoms with E-state index in [0.29, 0.717) is 18.7 Å².